The van der Waals surface area contributed by atoms with Crippen molar-refractivity contribution in [2.24, 2.45) is 0 Å². The fourth-order valence-corrected chi connectivity index (χ4v) is 2.81. The minimum atomic E-state index is 0.514. The molecule has 1 aromatic carbocycles. The molecule has 3 nitrogen and oxygen atoms in total. The summed E-state index contributed by atoms with van der Waals surface area (Å²) in [6, 6.07) is 11.4. The summed E-state index contributed by atoms with van der Waals surface area (Å²) in [4.78, 5) is 5.16. The SMILES string of the molecule is CCNCC(c1ccccc1)N1CCN(CC)CC1. The van der Waals surface area contributed by atoms with Crippen molar-refractivity contribution in [3.05, 3.63) is 35.9 Å². The fourth-order valence-electron chi connectivity index (χ4n) is 2.81. The Hall–Kier alpha value is -0.900. The Balaban J connectivity index is 2.02. The van der Waals surface area contributed by atoms with Crippen molar-refractivity contribution in [1.29, 1.82) is 0 Å². The van der Waals surface area contributed by atoms with E-state index >= 15 is 0 Å². The molecule has 1 fully saturated rings. The predicted molar refractivity (Wildman–Crippen MR) is 81.4 cm³/mol. The molecule has 3 heteroatoms. The topological polar surface area (TPSA) is 18.5 Å². The molecular formula is C16H27N3. The smallest absolute Gasteiger partial charge is 0.0473 e. The van der Waals surface area contributed by atoms with Crippen LogP contribution in [0.2, 0.25) is 0 Å². The lowest BCUT2D eigenvalue weighted by atomic mass is 10.0. The first-order valence-electron chi connectivity index (χ1n) is 7.57. The van der Waals surface area contributed by atoms with Gasteiger partial charge >= 0.3 is 0 Å². The van der Waals surface area contributed by atoms with E-state index in [0.29, 0.717) is 6.04 Å². The van der Waals surface area contributed by atoms with Crippen LogP contribution in [0, 0.1) is 0 Å². The zero-order valence-electron chi connectivity index (χ0n) is 12.3. The van der Waals surface area contributed by atoms with Gasteiger partial charge in [0.05, 0.1) is 0 Å². The van der Waals surface area contributed by atoms with E-state index in [0.717, 1.165) is 13.1 Å². The maximum absolute atomic E-state index is 3.51. The van der Waals surface area contributed by atoms with Crippen LogP contribution in [0.15, 0.2) is 30.3 Å². The van der Waals surface area contributed by atoms with Crippen molar-refractivity contribution in [2.45, 2.75) is 19.9 Å². The molecule has 0 bridgehead atoms. The second-order valence-corrected chi connectivity index (χ2v) is 5.20. The summed E-state index contributed by atoms with van der Waals surface area (Å²) >= 11 is 0. The molecule has 0 radical (unpaired) electrons. The average molecular weight is 261 g/mol. The highest BCUT2D eigenvalue weighted by Gasteiger charge is 2.23. The normalized spacial score (nSPS) is 19.5. The summed E-state index contributed by atoms with van der Waals surface area (Å²) in [5.41, 5.74) is 1.44. The molecule has 0 aromatic heterocycles. The number of likely N-dealkylation sites (N-methyl/N-ethyl adjacent to an activating group) is 2. The van der Waals surface area contributed by atoms with Gasteiger partial charge in [0.15, 0.2) is 0 Å². The second kappa shape index (κ2) is 7.63. The standard InChI is InChI=1S/C16H27N3/c1-3-17-14-16(15-8-6-5-7-9-15)19-12-10-18(4-2)11-13-19/h5-9,16-17H,3-4,10-14H2,1-2H3. The molecule has 19 heavy (non-hydrogen) atoms. The number of rotatable bonds is 6. The number of nitrogens with one attached hydrogen (secondary N) is 1. The Kier molecular flexibility index (Phi) is 5.83. The lowest BCUT2D eigenvalue weighted by Crippen LogP contribution is -2.49. The molecule has 0 saturated carbocycles. The van der Waals surface area contributed by atoms with E-state index in [4.69, 9.17) is 0 Å². The van der Waals surface area contributed by atoms with Crippen molar-refractivity contribution in [3.63, 3.8) is 0 Å². The predicted octanol–water partition coefficient (Wildman–Crippen LogP) is 1.97. The van der Waals surface area contributed by atoms with Crippen LogP contribution in [-0.4, -0.2) is 55.6 Å². The summed E-state index contributed by atoms with van der Waals surface area (Å²) in [5.74, 6) is 0. The van der Waals surface area contributed by atoms with Gasteiger partial charge < -0.3 is 10.2 Å². The van der Waals surface area contributed by atoms with E-state index < -0.39 is 0 Å². The quantitative estimate of drug-likeness (QED) is 0.845. The molecule has 1 N–H and O–H groups in total. The van der Waals surface area contributed by atoms with E-state index in [-0.39, 0.29) is 0 Å². The fraction of sp³-hybridized carbons (Fsp3) is 0.625. The van der Waals surface area contributed by atoms with Gasteiger partial charge in [0.2, 0.25) is 0 Å². The molecule has 106 valence electrons. The molecule has 1 aliphatic rings. The maximum atomic E-state index is 3.51. The van der Waals surface area contributed by atoms with Gasteiger partial charge in [0, 0.05) is 38.8 Å². The van der Waals surface area contributed by atoms with Gasteiger partial charge in [-0.1, -0.05) is 44.2 Å². The van der Waals surface area contributed by atoms with Crippen LogP contribution < -0.4 is 5.32 Å². The molecule has 0 amide bonds. The van der Waals surface area contributed by atoms with Crippen LogP contribution in [0.25, 0.3) is 0 Å². The van der Waals surface area contributed by atoms with E-state index in [1.165, 1.54) is 38.3 Å². The first-order valence-corrected chi connectivity index (χ1v) is 7.57. The Morgan fingerprint density at radius 1 is 1.05 bits per heavy atom. The van der Waals surface area contributed by atoms with Crippen molar-refractivity contribution < 1.29 is 0 Å². The summed E-state index contributed by atoms with van der Waals surface area (Å²) in [6.07, 6.45) is 0. The molecule has 0 aliphatic carbocycles. The molecule has 0 spiro atoms. The van der Waals surface area contributed by atoms with E-state index in [2.05, 4.69) is 59.3 Å². The second-order valence-electron chi connectivity index (χ2n) is 5.20. The zero-order valence-corrected chi connectivity index (χ0v) is 12.3. The molecule has 1 saturated heterocycles. The number of hydrogen-bond acceptors (Lipinski definition) is 3. The van der Waals surface area contributed by atoms with E-state index in [9.17, 15) is 0 Å². The van der Waals surface area contributed by atoms with Crippen LogP contribution in [0.4, 0.5) is 0 Å². The van der Waals surface area contributed by atoms with Crippen LogP contribution in [0.1, 0.15) is 25.5 Å². The highest BCUT2D eigenvalue weighted by Crippen LogP contribution is 2.21. The van der Waals surface area contributed by atoms with Crippen molar-refractivity contribution in [2.75, 3.05) is 45.8 Å². The van der Waals surface area contributed by atoms with Crippen LogP contribution in [-0.2, 0) is 0 Å². The van der Waals surface area contributed by atoms with Gasteiger partial charge in [-0.3, -0.25) is 4.90 Å². The third kappa shape index (κ3) is 4.03. The summed E-state index contributed by atoms with van der Waals surface area (Å²) in [6.45, 7) is 12.5. The highest BCUT2D eigenvalue weighted by molar-refractivity contribution is 5.19. The third-order valence-corrected chi connectivity index (χ3v) is 4.07. The molecule has 1 aliphatic heterocycles. The molecule has 1 atom stereocenters. The zero-order chi connectivity index (χ0) is 13.5. The van der Waals surface area contributed by atoms with Gasteiger partial charge in [-0.2, -0.15) is 0 Å². The monoisotopic (exact) mass is 261 g/mol. The van der Waals surface area contributed by atoms with Crippen LogP contribution in [0.5, 0.6) is 0 Å². The number of piperazine rings is 1. The average Bonchev–Trinajstić information content (AvgIpc) is 2.49. The van der Waals surface area contributed by atoms with Crippen molar-refractivity contribution in [1.82, 2.24) is 15.1 Å². The molecule has 1 aromatic rings. The Bertz CT molecular complexity index is 344. The lowest BCUT2D eigenvalue weighted by Gasteiger charge is -2.39. The first kappa shape index (κ1) is 14.5. The summed E-state index contributed by atoms with van der Waals surface area (Å²) in [5, 5.41) is 3.51. The van der Waals surface area contributed by atoms with E-state index in [1.807, 2.05) is 0 Å². The first-order chi connectivity index (χ1) is 9.35. The number of nitrogens with zero attached hydrogens (tertiary/aromatic N) is 2. The lowest BCUT2D eigenvalue weighted by molar-refractivity contribution is 0.0985. The van der Waals surface area contributed by atoms with Gasteiger partial charge in [-0.15, -0.1) is 0 Å². The number of benzene rings is 1. The maximum Gasteiger partial charge on any atom is 0.0473 e. The third-order valence-electron chi connectivity index (χ3n) is 4.07. The molecular weight excluding hydrogens is 234 g/mol. The number of hydrogen-bond donors (Lipinski definition) is 1. The van der Waals surface area contributed by atoms with Crippen LogP contribution >= 0.6 is 0 Å². The molecule has 2 rings (SSSR count). The minimum Gasteiger partial charge on any atom is -0.315 e. The van der Waals surface area contributed by atoms with E-state index in [1.54, 1.807) is 0 Å². The molecule has 1 heterocycles. The summed E-state index contributed by atoms with van der Waals surface area (Å²) in [7, 11) is 0. The van der Waals surface area contributed by atoms with Gasteiger partial charge in [0.25, 0.3) is 0 Å². The van der Waals surface area contributed by atoms with Gasteiger partial charge in [-0.05, 0) is 18.7 Å². The van der Waals surface area contributed by atoms with Crippen molar-refractivity contribution >= 4 is 0 Å². The largest absolute Gasteiger partial charge is 0.315 e. The molecule has 1 unspecified atom stereocenters. The Labute approximate surface area is 117 Å². The van der Waals surface area contributed by atoms with Crippen LogP contribution in [0.3, 0.4) is 0 Å². The minimum absolute atomic E-state index is 0.514. The summed E-state index contributed by atoms with van der Waals surface area (Å²) < 4.78 is 0. The van der Waals surface area contributed by atoms with Gasteiger partial charge in [-0.25, -0.2) is 0 Å². The van der Waals surface area contributed by atoms with Gasteiger partial charge in [0.1, 0.15) is 0 Å². The van der Waals surface area contributed by atoms with Crippen molar-refractivity contribution in [3.8, 4) is 0 Å². The Morgan fingerprint density at radius 2 is 1.74 bits per heavy atom. The Morgan fingerprint density at radius 3 is 2.32 bits per heavy atom. The highest BCUT2D eigenvalue weighted by atomic mass is 15.3.